The zero-order chi connectivity index (χ0) is 26.5. The zero-order valence-corrected chi connectivity index (χ0v) is 21.6. The number of aliphatic hydroxyl groups is 3. The van der Waals surface area contributed by atoms with Gasteiger partial charge in [0.15, 0.2) is 11.6 Å². The van der Waals surface area contributed by atoms with Gasteiger partial charge in [-0.25, -0.2) is 9.59 Å². The van der Waals surface area contributed by atoms with Gasteiger partial charge in [-0.1, -0.05) is 38.8 Å². The fraction of sp³-hybridized carbons (Fsp3) is 0.741. The summed E-state index contributed by atoms with van der Waals surface area (Å²) in [6, 6.07) is 0. The van der Waals surface area contributed by atoms with Crippen molar-refractivity contribution < 1.29 is 43.9 Å². The van der Waals surface area contributed by atoms with Crippen LogP contribution in [-0.4, -0.2) is 69.9 Å². The molecule has 2 bridgehead atoms. The number of carbonyl (C=O) groups excluding carboxylic acids is 3. The summed E-state index contributed by atoms with van der Waals surface area (Å²) in [4.78, 5) is 39.0. The van der Waals surface area contributed by atoms with Crippen molar-refractivity contribution in [3.8, 4) is 0 Å². The lowest BCUT2D eigenvalue weighted by Gasteiger charge is -2.68. The molecule has 0 aromatic carbocycles. The fourth-order valence-electron chi connectivity index (χ4n) is 8.24. The van der Waals surface area contributed by atoms with Crippen LogP contribution in [0.4, 0.5) is 0 Å². The minimum absolute atomic E-state index is 0.0704. The monoisotopic (exact) mass is 504 g/mol. The highest BCUT2D eigenvalue weighted by Crippen LogP contribution is 2.73. The maximum absolute atomic E-state index is 13.3. The molecule has 2 heterocycles. The SMILES string of the molecule is CC1=CC(=O)C(O)C2(C)C1CC1OC(=O)C(OC(=O)/C=C(\C)C(C)C)C3C(C)C(O)C4(O)OCC13C42. The molecule has 0 radical (unpaired) electrons. The Morgan fingerprint density at radius 2 is 1.94 bits per heavy atom. The molecule has 11 unspecified atom stereocenters. The number of esters is 2. The maximum atomic E-state index is 13.3. The Morgan fingerprint density at radius 3 is 2.58 bits per heavy atom. The molecule has 36 heavy (non-hydrogen) atoms. The normalized spacial score (nSPS) is 49.7. The highest BCUT2D eigenvalue weighted by Gasteiger charge is 2.83. The molecule has 0 aromatic rings. The first kappa shape index (κ1) is 25.6. The van der Waals surface area contributed by atoms with Gasteiger partial charge in [0.2, 0.25) is 6.10 Å². The van der Waals surface area contributed by atoms with E-state index in [1.165, 1.54) is 12.2 Å². The number of fused-ring (bicyclic) bond motifs is 1. The molecule has 0 aromatic heterocycles. The van der Waals surface area contributed by atoms with Crippen molar-refractivity contribution in [1.82, 2.24) is 0 Å². The van der Waals surface area contributed by atoms with E-state index in [-0.39, 0.29) is 12.5 Å². The molecule has 3 N–H and O–H groups in total. The average Bonchev–Trinajstić information content (AvgIpc) is 3.08. The quantitative estimate of drug-likeness (QED) is 0.383. The number of aliphatic hydroxyl groups excluding tert-OH is 2. The summed E-state index contributed by atoms with van der Waals surface area (Å²) >= 11 is 0. The van der Waals surface area contributed by atoms with Gasteiger partial charge >= 0.3 is 11.9 Å². The Labute approximate surface area is 210 Å². The number of ketones is 1. The summed E-state index contributed by atoms with van der Waals surface area (Å²) < 4.78 is 17.6. The van der Waals surface area contributed by atoms with Crippen LogP contribution in [0.15, 0.2) is 23.3 Å². The smallest absolute Gasteiger partial charge is 0.348 e. The topological polar surface area (TPSA) is 140 Å². The van der Waals surface area contributed by atoms with Gasteiger partial charge in [-0.2, -0.15) is 0 Å². The molecule has 5 aliphatic rings. The van der Waals surface area contributed by atoms with Gasteiger partial charge < -0.3 is 29.5 Å². The van der Waals surface area contributed by atoms with Crippen molar-refractivity contribution in [1.29, 1.82) is 0 Å². The molecule has 5 rings (SSSR count). The van der Waals surface area contributed by atoms with Crippen molar-refractivity contribution >= 4 is 17.7 Å². The second-order valence-electron chi connectivity index (χ2n) is 12.1. The van der Waals surface area contributed by atoms with E-state index in [4.69, 9.17) is 14.2 Å². The maximum Gasteiger partial charge on any atom is 0.348 e. The summed E-state index contributed by atoms with van der Waals surface area (Å²) in [5.41, 5.74) is -0.779. The minimum Gasteiger partial charge on any atom is -0.459 e. The van der Waals surface area contributed by atoms with E-state index in [1.54, 1.807) is 27.7 Å². The van der Waals surface area contributed by atoms with Gasteiger partial charge in [0, 0.05) is 28.7 Å². The van der Waals surface area contributed by atoms with Crippen LogP contribution in [0.5, 0.6) is 0 Å². The molecule has 0 amide bonds. The number of ether oxygens (including phenoxy) is 3. The lowest BCUT2D eigenvalue weighted by molar-refractivity contribution is -0.339. The minimum atomic E-state index is -2.08. The van der Waals surface area contributed by atoms with Crippen molar-refractivity contribution in [2.45, 2.75) is 78.2 Å². The van der Waals surface area contributed by atoms with Crippen LogP contribution in [-0.2, 0) is 28.6 Å². The first-order valence-corrected chi connectivity index (χ1v) is 12.7. The lowest BCUT2D eigenvalue weighted by atomic mass is 9.38. The predicted octanol–water partition coefficient (Wildman–Crippen LogP) is 1.29. The Kier molecular flexibility index (Phi) is 5.66. The van der Waals surface area contributed by atoms with E-state index in [9.17, 15) is 29.7 Å². The highest BCUT2D eigenvalue weighted by molar-refractivity contribution is 5.96. The molecule has 9 heteroatoms. The number of rotatable bonds is 3. The molecule has 2 aliphatic heterocycles. The van der Waals surface area contributed by atoms with Crippen LogP contribution >= 0.6 is 0 Å². The summed E-state index contributed by atoms with van der Waals surface area (Å²) in [7, 11) is 0. The van der Waals surface area contributed by atoms with Gasteiger partial charge in [-0.15, -0.1) is 0 Å². The molecule has 4 fully saturated rings. The zero-order valence-electron chi connectivity index (χ0n) is 21.6. The molecule has 3 aliphatic carbocycles. The van der Waals surface area contributed by atoms with Crippen molar-refractivity contribution in [2.75, 3.05) is 6.61 Å². The van der Waals surface area contributed by atoms with E-state index in [1.807, 2.05) is 13.8 Å². The third-order valence-corrected chi connectivity index (χ3v) is 10.1. The molecular weight excluding hydrogens is 468 g/mol. The first-order valence-electron chi connectivity index (χ1n) is 12.7. The van der Waals surface area contributed by atoms with Gasteiger partial charge in [-0.05, 0) is 44.1 Å². The molecule has 11 atom stereocenters. The third kappa shape index (κ3) is 3.00. The molecule has 198 valence electrons. The summed E-state index contributed by atoms with van der Waals surface area (Å²) in [6.07, 6.45) is -1.88. The van der Waals surface area contributed by atoms with Crippen molar-refractivity contribution in [2.24, 2.45) is 40.4 Å². The molecule has 1 spiro atoms. The third-order valence-electron chi connectivity index (χ3n) is 10.1. The van der Waals surface area contributed by atoms with Crippen LogP contribution < -0.4 is 0 Å². The van der Waals surface area contributed by atoms with Crippen LogP contribution in [0.25, 0.3) is 0 Å². The van der Waals surface area contributed by atoms with Crippen molar-refractivity contribution in [3.05, 3.63) is 23.3 Å². The standard InChI is InChI=1S/C27H36O9/c1-11(2)12(3)8-18(29)36-20-19-14(5)21(30)27(33)24-25(6)15(13(4)7-16(28)22(25)31)9-17(35-23(20)32)26(19,24)10-34-27/h7-8,11,14-15,17,19-22,24,30-31,33H,9-10H2,1-6H3/b12-8+. The van der Waals surface area contributed by atoms with E-state index in [0.717, 1.165) is 5.57 Å². The van der Waals surface area contributed by atoms with E-state index in [0.29, 0.717) is 12.0 Å². The van der Waals surface area contributed by atoms with Crippen LogP contribution in [0, 0.1) is 40.4 Å². The summed E-state index contributed by atoms with van der Waals surface area (Å²) in [5, 5.41) is 34.5. The average molecular weight is 505 g/mol. The molecule has 2 saturated heterocycles. The van der Waals surface area contributed by atoms with E-state index < -0.39 is 82.4 Å². The number of hydrogen-bond donors (Lipinski definition) is 3. The van der Waals surface area contributed by atoms with E-state index >= 15 is 0 Å². The van der Waals surface area contributed by atoms with Crippen LogP contribution in [0.2, 0.25) is 0 Å². The highest BCUT2D eigenvalue weighted by atomic mass is 16.7. The second-order valence-corrected chi connectivity index (χ2v) is 12.1. The largest absolute Gasteiger partial charge is 0.459 e. The van der Waals surface area contributed by atoms with Gasteiger partial charge in [-0.3, -0.25) is 4.79 Å². The molecular formula is C27H36O9. The molecule has 9 nitrogen and oxygen atoms in total. The Bertz CT molecular complexity index is 1080. The van der Waals surface area contributed by atoms with E-state index in [2.05, 4.69) is 0 Å². The Balaban J connectivity index is 1.65. The van der Waals surface area contributed by atoms with Crippen LogP contribution in [0.1, 0.15) is 48.0 Å². The molecule has 2 saturated carbocycles. The van der Waals surface area contributed by atoms with Gasteiger partial charge in [0.05, 0.1) is 6.61 Å². The Morgan fingerprint density at radius 1 is 1.28 bits per heavy atom. The lowest BCUT2D eigenvalue weighted by Crippen LogP contribution is -2.78. The first-order chi connectivity index (χ1) is 16.7. The second kappa shape index (κ2) is 7.96. The van der Waals surface area contributed by atoms with Gasteiger partial charge in [0.25, 0.3) is 0 Å². The van der Waals surface area contributed by atoms with Crippen molar-refractivity contribution in [3.63, 3.8) is 0 Å². The Hall–Kier alpha value is -2.07. The van der Waals surface area contributed by atoms with Gasteiger partial charge in [0.1, 0.15) is 18.3 Å². The number of carbonyl (C=O) groups is 3. The number of allylic oxidation sites excluding steroid dienone is 2. The number of hydrogen-bond acceptors (Lipinski definition) is 9. The summed E-state index contributed by atoms with van der Waals surface area (Å²) in [6.45, 7) is 10.8. The fourth-order valence-corrected chi connectivity index (χ4v) is 8.24. The summed E-state index contributed by atoms with van der Waals surface area (Å²) in [5.74, 6) is -6.65. The van der Waals surface area contributed by atoms with Crippen LogP contribution in [0.3, 0.4) is 0 Å². The predicted molar refractivity (Wildman–Crippen MR) is 125 cm³/mol.